The van der Waals surface area contributed by atoms with Gasteiger partial charge in [-0.25, -0.2) is 4.84 Å². The van der Waals surface area contributed by atoms with Gasteiger partial charge in [0, 0.05) is 16.8 Å². The van der Waals surface area contributed by atoms with Crippen molar-refractivity contribution in [3.8, 4) is 0 Å². The van der Waals surface area contributed by atoms with Crippen molar-refractivity contribution in [1.29, 1.82) is 0 Å². The molecule has 0 atom stereocenters. The first-order chi connectivity index (χ1) is 7.65. The molecule has 1 aromatic carbocycles. The summed E-state index contributed by atoms with van der Waals surface area (Å²) >= 11 is 0. The van der Waals surface area contributed by atoms with Gasteiger partial charge in [0.15, 0.2) is 0 Å². The van der Waals surface area contributed by atoms with Crippen LogP contribution >= 0.6 is 0 Å². The van der Waals surface area contributed by atoms with Gasteiger partial charge in [0.2, 0.25) is 17.2 Å². The van der Waals surface area contributed by atoms with Gasteiger partial charge in [-0.15, -0.1) is 0 Å². The molecule has 3 rings (SSSR count). The first-order valence-electron chi connectivity index (χ1n) is 4.97. The van der Waals surface area contributed by atoms with Crippen molar-refractivity contribution in [2.75, 3.05) is 0 Å². The van der Waals surface area contributed by atoms with Crippen molar-refractivity contribution >= 4 is 11.6 Å². The van der Waals surface area contributed by atoms with Crippen molar-refractivity contribution in [1.82, 2.24) is 5.48 Å². The van der Waals surface area contributed by atoms with E-state index in [-0.39, 0.29) is 11.6 Å². The maximum atomic E-state index is 12.1. The quantitative estimate of drug-likeness (QED) is 0.661. The zero-order valence-electron chi connectivity index (χ0n) is 8.61. The summed E-state index contributed by atoms with van der Waals surface area (Å²) in [6, 6.07) is 6.77. The zero-order valence-corrected chi connectivity index (χ0v) is 8.61. The fourth-order valence-electron chi connectivity index (χ4n) is 2.13. The Kier molecular flexibility index (Phi) is 1.63. The van der Waals surface area contributed by atoms with Gasteiger partial charge in [-0.2, -0.15) is 0 Å². The lowest BCUT2D eigenvalue weighted by Gasteiger charge is -2.14. The molecule has 80 valence electrons. The number of hydrogen-bond donors (Lipinski definition) is 1. The van der Waals surface area contributed by atoms with E-state index in [0.717, 1.165) is 0 Å². The maximum absolute atomic E-state index is 12.1. The molecule has 16 heavy (non-hydrogen) atoms. The van der Waals surface area contributed by atoms with E-state index in [4.69, 9.17) is 4.84 Å². The molecule has 0 amide bonds. The molecular formula is C12H9NO3. The van der Waals surface area contributed by atoms with Crippen molar-refractivity contribution in [3.63, 3.8) is 0 Å². The van der Waals surface area contributed by atoms with E-state index >= 15 is 0 Å². The number of hydrogen-bond acceptors (Lipinski definition) is 4. The minimum absolute atomic E-state index is 0.294. The first-order valence-corrected chi connectivity index (χ1v) is 4.97. The van der Waals surface area contributed by atoms with Crippen LogP contribution in [0.5, 0.6) is 0 Å². The summed E-state index contributed by atoms with van der Waals surface area (Å²) in [5, 5.41) is 0. The van der Waals surface area contributed by atoms with Gasteiger partial charge in [0.25, 0.3) is 0 Å². The molecule has 0 aromatic heterocycles. The Morgan fingerprint density at radius 1 is 1.12 bits per heavy atom. The number of rotatable bonds is 0. The van der Waals surface area contributed by atoms with Crippen molar-refractivity contribution in [2.24, 2.45) is 0 Å². The maximum Gasteiger partial charge on any atom is 0.240 e. The summed E-state index contributed by atoms with van der Waals surface area (Å²) in [5.74, 6) is -0.588. The van der Waals surface area contributed by atoms with Gasteiger partial charge in [-0.3, -0.25) is 15.1 Å². The molecule has 0 saturated heterocycles. The van der Waals surface area contributed by atoms with Crippen LogP contribution in [-0.4, -0.2) is 17.2 Å². The molecule has 0 fully saturated rings. The van der Waals surface area contributed by atoms with Gasteiger partial charge in [0.05, 0.1) is 0 Å². The third-order valence-corrected chi connectivity index (χ3v) is 2.88. The predicted molar refractivity (Wildman–Crippen MR) is 55.8 cm³/mol. The highest BCUT2D eigenvalue weighted by Gasteiger charge is 2.55. The number of allylic oxidation sites excluding steroid dienone is 1. The van der Waals surface area contributed by atoms with Crippen molar-refractivity contribution in [3.05, 3.63) is 47.2 Å². The normalized spacial score (nSPS) is 20.9. The second-order valence-electron chi connectivity index (χ2n) is 3.97. The molecule has 1 aromatic rings. The summed E-state index contributed by atoms with van der Waals surface area (Å²) in [7, 11) is 0. The monoisotopic (exact) mass is 215 g/mol. The highest BCUT2D eigenvalue weighted by atomic mass is 16.7. The standard InChI is InChI=1S/C12H9NO3/c1-7-6-12(16-13-7)10(14)8-4-2-3-5-9(8)11(12)15/h2-6,13H,1H3. The van der Waals surface area contributed by atoms with Crippen LogP contribution in [-0.2, 0) is 4.84 Å². The van der Waals surface area contributed by atoms with E-state index < -0.39 is 5.60 Å². The van der Waals surface area contributed by atoms with Crippen LogP contribution in [0, 0.1) is 0 Å². The highest BCUT2D eigenvalue weighted by molar-refractivity contribution is 6.33. The van der Waals surface area contributed by atoms with Crippen LogP contribution in [0.4, 0.5) is 0 Å². The number of carbonyl (C=O) groups is 2. The van der Waals surface area contributed by atoms with Gasteiger partial charge < -0.3 is 0 Å². The molecule has 1 heterocycles. The van der Waals surface area contributed by atoms with E-state index in [2.05, 4.69) is 5.48 Å². The topological polar surface area (TPSA) is 55.4 Å². The number of ketones is 2. The van der Waals surface area contributed by atoms with Crippen LogP contribution in [0.1, 0.15) is 27.6 Å². The zero-order chi connectivity index (χ0) is 11.3. The predicted octanol–water partition coefficient (Wildman–Crippen LogP) is 1.24. The summed E-state index contributed by atoms with van der Waals surface area (Å²) in [5.41, 5.74) is 2.64. The molecule has 4 nitrogen and oxygen atoms in total. The largest absolute Gasteiger partial charge is 0.290 e. The van der Waals surface area contributed by atoms with Gasteiger partial charge in [0.1, 0.15) is 0 Å². The minimum atomic E-state index is -1.46. The van der Waals surface area contributed by atoms with Crippen LogP contribution in [0.2, 0.25) is 0 Å². The van der Waals surface area contributed by atoms with E-state index in [9.17, 15) is 9.59 Å². The second kappa shape index (κ2) is 2.80. The lowest BCUT2D eigenvalue weighted by molar-refractivity contribution is -0.00938. The average Bonchev–Trinajstić information content (AvgIpc) is 2.78. The molecule has 0 saturated carbocycles. The van der Waals surface area contributed by atoms with Crippen LogP contribution in [0.3, 0.4) is 0 Å². The third kappa shape index (κ3) is 0.919. The van der Waals surface area contributed by atoms with E-state index in [1.165, 1.54) is 6.08 Å². The summed E-state index contributed by atoms with van der Waals surface area (Å²) < 4.78 is 0. The lowest BCUT2D eigenvalue weighted by atomic mass is 9.97. The third-order valence-electron chi connectivity index (χ3n) is 2.88. The Labute approximate surface area is 91.9 Å². The number of carbonyl (C=O) groups excluding carboxylic acids is 2. The molecule has 0 radical (unpaired) electrons. The molecule has 1 spiro atoms. The van der Waals surface area contributed by atoms with Gasteiger partial charge >= 0.3 is 0 Å². The Morgan fingerprint density at radius 3 is 2.12 bits per heavy atom. The lowest BCUT2D eigenvalue weighted by Crippen LogP contribution is -2.41. The Hall–Kier alpha value is -1.94. The van der Waals surface area contributed by atoms with Crippen LogP contribution in [0.25, 0.3) is 0 Å². The van der Waals surface area contributed by atoms with E-state index in [1.54, 1.807) is 31.2 Å². The molecule has 1 aliphatic heterocycles. The van der Waals surface area contributed by atoms with Crippen LogP contribution in [0.15, 0.2) is 36.0 Å². The Morgan fingerprint density at radius 2 is 1.69 bits per heavy atom. The Balaban J connectivity index is 2.23. The molecule has 4 heteroatoms. The summed E-state index contributed by atoms with van der Waals surface area (Å²) in [4.78, 5) is 29.5. The molecule has 1 N–H and O–H groups in total. The highest BCUT2D eigenvalue weighted by Crippen LogP contribution is 2.36. The molecule has 2 aliphatic rings. The number of nitrogens with one attached hydrogen (secondary N) is 1. The van der Waals surface area contributed by atoms with Crippen molar-refractivity contribution in [2.45, 2.75) is 12.5 Å². The SMILES string of the molecule is CC1=CC2(ON1)C(=O)c1ccccc1C2=O. The number of hydroxylamine groups is 1. The molecule has 1 aliphatic carbocycles. The summed E-state index contributed by atoms with van der Waals surface area (Å²) in [6.45, 7) is 1.75. The fraction of sp³-hybridized carbons (Fsp3) is 0.167. The Bertz CT molecular complexity index is 510. The van der Waals surface area contributed by atoms with E-state index in [1.807, 2.05) is 0 Å². The number of benzene rings is 1. The number of Topliss-reactive ketones (excluding diaryl/α,β-unsaturated/α-hetero) is 2. The minimum Gasteiger partial charge on any atom is -0.290 e. The van der Waals surface area contributed by atoms with Crippen molar-refractivity contribution < 1.29 is 14.4 Å². The number of fused-ring (bicyclic) bond motifs is 1. The average molecular weight is 215 g/mol. The smallest absolute Gasteiger partial charge is 0.240 e. The van der Waals surface area contributed by atoms with Gasteiger partial charge in [-0.05, 0) is 13.0 Å². The van der Waals surface area contributed by atoms with Gasteiger partial charge in [-0.1, -0.05) is 24.3 Å². The fourth-order valence-corrected chi connectivity index (χ4v) is 2.13. The molecule has 0 unspecified atom stereocenters. The second-order valence-corrected chi connectivity index (χ2v) is 3.97. The van der Waals surface area contributed by atoms with E-state index in [0.29, 0.717) is 16.8 Å². The summed E-state index contributed by atoms with van der Waals surface area (Å²) in [6.07, 6.45) is 1.54. The molecular weight excluding hydrogens is 206 g/mol. The van der Waals surface area contributed by atoms with Crippen LogP contribution < -0.4 is 5.48 Å². The molecule has 0 bridgehead atoms. The first kappa shape index (κ1) is 9.30.